The molecule has 0 heterocycles. The molecule has 2 heteroatoms. The Balaban J connectivity index is 0.000000143. The minimum absolute atomic E-state index is 0.0490. The van der Waals surface area contributed by atoms with E-state index in [-0.39, 0.29) is 11.5 Å². The predicted octanol–water partition coefficient (Wildman–Crippen LogP) is 11.0. The first-order valence-electron chi connectivity index (χ1n) is 20.1. The van der Waals surface area contributed by atoms with Crippen LogP contribution in [0, 0.1) is 80.8 Å². The lowest BCUT2D eigenvalue weighted by Gasteiger charge is -2.60. The number of hydrogen-bond acceptors (Lipinski definition) is 2. The zero-order valence-electron chi connectivity index (χ0n) is 29.8. The Kier molecular flexibility index (Phi) is 8.52. The van der Waals surface area contributed by atoms with Crippen molar-refractivity contribution in [3.63, 3.8) is 0 Å². The molecule has 0 spiro atoms. The van der Waals surface area contributed by atoms with Gasteiger partial charge in [-0.3, -0.25) is 4.79 Å². The topological polar surface area (TPSA) is 37.3 Å². The second-order valence-electron chi connectivity index (χ2n) is 19.5. The fraction of sp³-hybridized carbons (Fsp3) is 0.976. The molecule has 8 fully saturated rings. The Labute approximate surface area is 272 Å². The molecule has 8 saturated carbocycles. The third-order valence-electron chi connectivity index (χ3n) is 18.4. The van der Waals surface area contributed by atoms with Crippen LogP contribution in [0.5, 0.6) is 0 Å². The summed E-state index contributed by atoms with van der Waals surface area (Å²) in [5.74, 6) is 9.36. The van der Waals surface area contributed by atoms with Crippen molar-refractivity contribution in [2.45, 2.75) is 176 Å². The zero-order chi connectivity index (χ0) is 31.1. The minimum Gasteiger partial charge on any atom is -0.393 e. The maximum atomic E-state index is 12.2. The van der Waals surface area contributed by atoms with Gasteiger partial charge in [0.05, 0.1) is 6.10 Å². The summed E-state index contributed by atoms with van der Waals surface area (Å²) >= 11 is 0. The first-order valence-corrected chi connectivity index (χ1v) is 20.1. The highest BCUT2D eigenvalue weighted by molar-refractivity contribution is 5.79. The summed E-state index contributed by atoms with van der Waals surface area (Å²) in [7, 11) is 0. The van der Waals surface area contributed by atoms with Crippen molar-refractivity contribution in [2.75, 3.05) is 0 Å². The highest BCUT2D eigenvalue weighted by Crippen LogP contribution is 2.69. The largest absolute Gasteiger partial charge is 0.393 e. The normalized spacial score (nSPS) is 56.0. The van der Waals surface area contributed by atoms with E-state index < -0.39 is 0 Å². The average Bonchev–Trinajstić information content (AvgIpc) is 3.54. The van der Waals surface area contributed by atoms with E-state index >= 15 is 0 Å². The quantitative estimate of drug-likeness (QED) is 0.339. The van der Waals surface area contributed by atoms with Crippen molar-refractivity contribution < 1.29 is 9.90 Å². The second kappa shape index (κ2) is 11.7. The number of fused-ring (bicyclic) bond motifs is 10. The molecular formula is C42H70O2. The van der Waals surface area contributed by atoms with Crippen LogP contribution < -0.4 is 0 Å². The van der Waals surface area contributed by atoms with E-state index in [9.17, 15) is 9.90 Å². The lowest BCUT2D eigenvalue weighted by molar-refractivity contribution is -0.138. The summed E-state index contributed by atoms with van der Waals surface area (Å²) in [4.78, 5) is 12.2. The summed E-state index contributed by atoms with van der Waals surface area (Å²) in [6.07, 6.45) is 27.9. The fourth-order valence-corrected chi connectivity index (χ4v) is 16.0. The van der Waals surface area contributed by atoms with Crippen molar-refractivity contribution >= 4 is 5.78 Å². The van der Waals surface area contributed by atoms with Gasteiger partial charge in [0, 0.05) is 5.92 Å². The summed E-state index contributed by atoms with van der Waals surface area (Å²) < 4.78 is 0. The molecule has 0 radical (unpaired) electrons. The molecule has 0 aromatic rings. The van der Waals surface area contributed by atoms with Gasteiger partial charge in [0.2, 0.25) is 0 Å². The lowest BCUT2D eigenvalue weighted by Crippen LogP contribution is -2.54. The van der Waals surface area contributed by atoms with E-state index in [0.717, 1.165) is 77.9 Å². The molecule has 8 rings (SSSR count). The third kappa shape index (κ3) is 4.80. The van der Waals surface area contributed by atoms with Gasteiger partial charge in [-0.1, -0.05) is 53.9 Å². The highest BCUT2D eigenvalue weighted by atomic mass is 16.3. The van der Waals surface area contributed by atoms with Gasteiger partial charge in [-0.05, 0) is 191 Å². The number of Topliss-reactive ketones (excluding diaryl/α,β-unsaturated/α-hetero) is 1. The van der Waals surface area contributed by atoms with Gasteiger partial charge in [-0.25, -0.2) is 0 Å². The van der Waals surface area contributed by atoms with Crippen molar-refractivity contribution in [1.29, 1.82) is 0 Å². The van der Waals surface area contributed by atoms with E-state index in [0.29, 0.717) is 22.5 Å². The van der Waals surface area contributed by atoms with Gasteiger partial charge >= 0.3 is 0 Å². The van der Waals surface area contributed by atoms with Crippen LogP contribution in [0.3, 0.4) is 0 Å². The maximum Gasteiger partial charge on any atom is 0.133 e. The molecule has 8 aliphatic rings. The van der Waals surface area contributed by atoms with Crippen LogP contribution in [0.25, 0.3) is 0 Å². The molecule has 0 aliphatic heterocycles. The Hall–Kier alpha value is -0.370. The molecule has 44 heavy (non-hydrogen) atoms. The molecule has 1 unspecified atom stereocenters. The number of ketones is 1. The SMILES string of the molecule is CC(=O)[C@H]1CC[C@H]2[C@@H]3CC[C@@H]4C[C@H](O)CC[C@]4(C)[C@H]3CC[C@]12C.CC[C@H]1CC[C@H]2[C@@H]3CCC4CCCC[C@]4(C)[C@H]3CC[C@]12C. The fourth-order valence-electron chi connectivity index (χ4n) is 16.0. The third-order valence-corrected chi connectivity index (χ3v) is 18.4. The molecule has 8 aliphatic carbocycles. The summed E-state index contributed by atoms with van der Waals surface area (Å²) in [6, 6.07) is 0. The van der Waals surface area contributed by atoms with Crippen LogP contribution in [0.2, 0.25) is 0 Å². The minimum atomic E-state index is -0.0490. The van der Waals surface area contributed by atoms with Crippen LogP contribution in [0.4, 0.5) is 0 Å². The summed E-state index contributed by atoms with van der Waals surface area (Å²) in [6.45, 7) is 14.6. The molecule has 250 valence electrons. The molecule has 0 bridgehead atoms. The number of hydrogen-bond donors (Lipinski definition) is 1. The smallest absolute Gasteiger partial charge is 0.133 e. The number of aliphatic hydroxyl groups is 1. The zero-order valence-corrected chi connectivity index (χ0v) is 29.8. The molecule has 15 atom stereocenters. The first kappa shape index (κ1) is 32.2. The Morgan fingerprint density at radius 2 is 1.16 bits per heavy atom. The molecule has 1 N–H and O–H groups in total. The van der Waals surface area contributed by atoms with Crippen molar-refractivity contribution in [3.8, 4) is 0 Å². The summed E-state index contributed by atoms with van der Waals surface area (Å²) in [5, 5.41) is 10.1. The van der Waals surface area contributed by atoms with Crippen molar-refractivity contribution in [1.82, 2.24) is 0 Å². The van der Waals surface area contributed by atoms with Crippen molar-refractivity contribution in [3.05, 3.63) is 0 Å². The Morgan fingerprint density at radius 3 is 1.84 bits per heavy atom. The maximum absolute atomic E-state index is 12.2. The second-order valence-corrected chi connectivity index (χ2v) is 19.5. The number of rotatable bonds is 2. The number of carbonyl (C=O) groups excluding carboxylic acids is 1. The van der Waals surface area contributed by atoms with Gasteiger partial charge in [0.15, 0.2) is 0 Å². The van der Waals surface area contributed by atoms with Crippen LogP contribution >= 0.6 is 0 Å². The van der Waals surface area contributed by atoms with Crippen LogP contribution in [0.1, 0.15) is 170 Å². The van der Waals surface area contributed by atoms with Crippen LogP contribution in [-0.4, -0.2) is 17.0 Å². The Bertz CT molecular complexity index is 1070. The summed E-state index contributed by atoms with van der Waals surface area (Å²) in [5.41, 5.74) is 2.18. The van der Waals surface area contributed by atoms with Gasteiger partial charge in [-0.2, -0.15) is 0 Å². The van der Waals surface area contributed by atoms with E-state index in [1.54, 1.807) is 51.4 Å². The standard InChI is InChI=1S/C21H34O2.C21H36/c1-13(22)17-6-7-18-16-5-4-14-12-15(23)8-10-20(14,2)19(16)9-11-21(17,18)3;1-4-15-9-11-18-17-10-8-16-7-5-6-13-20(16,2)19(17)12-14-21(15,18)3/h14-19,23H,4-12H2,1-3H3;15-19H,4-14H2,1-3H3/t14-,15-,16+,17-,18+,19+,20+,21-;15-,16?,17-,18-,19-,20-,21+/m10/s1. The van der Waals surface area contributed by atoms with E-state index in [4.69, 9.17) is 0 Å². The molecule has 2 nitrogen and oxygen atoms in total. The number of carbonyl (C=O) groups is 1. The molecule has 0 aromatic heterocycles. The highest BCUT2D eigenvalue weighted by Gasteiger charge is 2.61. The van der Waals surface area contributed by atoms with Gasteiger partial charge in [0.1, 0.15) is 5.78 Å². The molecule has 0 aromatic carbocycles. The van der Waals surface area contributed by atoms with Crippen LogP contribution in [0.15, 0.2) is 0 Å². The molecular weight excluding hydrogens is 536 g/mol. The average molecular weight is 607 g/mol. The van der Waals surface area contributed by atoms with E-state index in [1.807, 2.05) is 6.92 Å². The lowest BCUT2D eigenvalue weighted by atomic mass is 9.44. The Morgan fingerprint density at radius 1 is 0.591 bits per heavy atom. The van der Waals surface area contributed by atoms with E-state index in [2.05, 4.69) is 34.6 Å². The van der Waals surface area contributed by atoms with E-state index in [1.165, 1.54) is 57.8 Å². The monoisotopic (exact) mass is 607 g/mol. The number of aliphatic hydroxyl groups excluding tert-OH is 1. The van der Waals surface area contributed by atoms with Gasteiger partial charge in [0.25, 0.3) is 0 Å². The predicted molar refractivity (Wildman–Crippen MR) is 182 cm³/mol. The van der Waals surface area contributed by atoms with Crippen molar-refractivity contribution in [2.24, 2.45) is 80.8 Å². The van der Waals surface area contributed by atoms with Gasteiger partial charge in [-0.15, -0.1) is 0 Å². The first-order chi connectivity index (χ1) is 21.0. The molecule has 0 saturated heterocycles. The van der Waals surface area contributed by atoms with Gasteiger partial charge < -0.3 is 5.11 Å². The molecule has 0 amide bonds. The van der Waals surface area contributed by atoms with Crippen LogP contribution in [-0.2, 0) is 4.79 Å².